The van der Waals surface area contributed by atoms with Gasteiger partial charge in [0.1, 0.15) is 6.04 Å². The van der Waals surface area contributed by atoms with E-state index in [2.05, 4.69) is 16.4 Å². The first kappa shape index (κ1) is 17.9. The zero-order valence-corrected chi connectivity index (χ0v) is 14.7. The van der Waals surface area contributed by atoms with Crippen molar-refractivity contribution in [2.24, 2.45) is 5.41 Å². The van der Waals surface area contributed by atoms with E-state index in [1.807, 2.05) is 26.8 Å². The standard InChI is InChI=1S/C17H20N4O2S/c1-17(2,3)13(10-18)20-14(22)8-9-21-15(23)11-6-4-5-7-12(11)19-16(21)24/h4-7,13H,8-9H2,1-3H3,(H,19,24)(H,20,22)/t13-/m1/s1. The average Bonchev–Trinajstić information content (AvgIpc) is 2.51. The number of para-hydroxylation sites is 1. The third-order valence-corrected chi connectivity index (χ3v) is 4.07. The van der Waals surface area contributed by atoms with Crippen molar-refractivity contribution in [1.29, 1.82) is 5.26 Å². The van der Waals surface area contributed by atoms with Crippen LogP contribution < -0.4 is 10.9 Å². The number of carbonyl (C=O) groups is 1. The van der Waals surface area contributed by atoms with E-state index in [9.17, 15) is 9.59 Å². The summed E-state index contributed by atoms with van der Waals surface area (Å²) in [5.74, 6) is -0.286. The van der Waals surface area contributed by atoms with Crippen molar-refractivity contribution in [3.8, 4) is 6.07 Å². The molecule has 1 aromatic carbocycles. The smallest absolute Gasteiger partial charge is 0.262 e. The Bertz CT molecular complexity index is 915. The van der Waals surface area contributed by atoms with Crippen LogP contribution in [0.15, 0.2) is 29.1 Å². The van der Waals surface area contributed by atoms with E-state index >= 15 is 0 Å². The highest BCUT2D eigenvalue weighted by Gasteiger charge is 2.25. The van der Waals surface area contributed by atoms with E-state index in [-0.39, 0.29) is 34.6 Å². The highest BCUT2D eigenvalue weighted by atomic mass is 32.1. The summed E-state index contributed by atoms with van der Waals surface area (Å²) in [6, 6.07) is 8.59. The normalized spacial score (nSPS) is 12.6. The first-order valence-corrected chi connectivity index (χ1v) is 8.05. The van der Waals surface area contributed by atoms with Gasteiger partial charge in [-0.2, -0.15) is 5.26 Å². The Balaban J connectivity index is 2.17. The molecule has 2 rings (SSSR count). The molecule has 1 atom stereocenters. The molecule has 1 heterocycles. The molecule has 0 aliphatic heterocycles. The Labute approximate surface area is 145 Å². The summed E-state index contributed by atoms with van der Waals surface area (Å²) in [6.07, 6.45) is 0.0734. The lowest BCUT2D eigenvalue weighted by Crippen LogP contribution is -2.43. The van der Waals surface area contributed by atoms with E-state index in [4.69, 9.17) is 17.5 Å². The molecule has 0 aliphatic carbocycles. The van der Waals surface area contributed by atoms with Gasteiger partial charge >= 0.3 is 0 Å². The van der Waals surface area contributed by atoms with E-state index in [0.717, 1.165) is 0 Å². The number of fused-ring (bicyclic) bond motifs is 1. The number of rotatable bonds is 4. The minimum atomic E-state index is -0.590. The zero-order valence-electron chi connectivity index (χ0n) is 13.9. The quantitative estimate of drug-likeness (QED) is 0.834. The molecule has 1 aromatic heterocycles. The Morgan fingerprint density at radius 3 is 2.71 bits per heavy atom. The van der Waals surface area contributed by atoms with E-state index in [1.165, 1.54) is 4.57 Å². The maximum absolute atomic E-state index is 12.5. The lowest BCUT2D eigenvalue weighted by molar-refractivity contribution is -0.122. The van der Waals surface area contributed by atoms with Crippen LogP contribution in [-0.2, 0) is 11.3 Å². The third kappa shape index (κ3) is 3.89. The third-order valence-electron chi connectivity index (χ3n) is 3.75. The number of hydrogen-bond donors (Lipinski definition) is 2. The average molecular weight is 344 g/mol. The maximum Gasteiger partial charge on any atom is 0.262 e. The van der Waals surface area contributed by atoms with Crippen LogP contribution in [0.25, 0.3) is 10.9 Å². The van der Waals surface area contributed by atoms with Crippen molar-refractivity contribution in [1.82, 2.24) is 14.9 Å². The van der Waals surface area contributed by atoms with Crippen LogP contribution in [-0.4, -0.2) is 21.5 Å². The molecule has 2 aromatic rings. The second-order valence-electron chi connectivity index (χ2n) is 6.68. The summed E-state index contributed by atoms with van der Waals surface area (Å²) < 4.78 is 1.65. The molecule has 24 heavy (non-hydrogen) atoms. The van der Waals surface area contributed by atoms with Gasteiger partial charge in [-0.1, -0.05) is 32.9 Å². The molecule has 6 nitrogen and oxygen atoms in total. The van der Waals surface area contributed by atoms with E-state index < -0.39 is 6.04 Å². The number of hydrogen-bond acceptors (Lipinski definition) is 4. The van der Waals surface area contributed by atoms with Crippen molar-refractivity contribution in [2.75, 3.05) is 0 Å². The van der Waals surface area contributed by atoms with Crippen LogP contribution in [0.4, 0.5) is 0 Å². The van der Waals surface area contributed by atoms with Crippen LogP contribution in [0.5, 0.6) is 0 Å². The number of nitrogens with one attached hydrogen (secondary N) is 2. The van der Waals surface area contributed by atoms with Gasteiger partial charge in [0, 0.05) is 13.0 Å². The Morgan fingerprint density at radius 1 is 1.42 bits per heavy atom. The first-order valence-electron chi connectivity index (χ1n) is 7.65. The first-order chi connectivity index (χ1) is 11.2. The summed E-state index contributed by atoms with van der Waals surface area (Å²) in [4.78, 5) is 27.6. The Morgan fingerprint density at radius 2 is 2.08 bits per heavy atom. The molecular formula is C17H20N4O2S. The van der Waals surface area contributed by atoms with Crippen molar-refractivity contribution >= 4 is 29.0 Å². The molecular weight excluding hydrogens is 324 g/mol. The molecule has 0 saturated carbocycles. The van der Waals surface area contributed by atoms with Crippen LogP contribution in [0.3, 0.4) is 0 Å². The lowest BCUT2D eigenvalue weighted by Gasteiger charge is -2.25. The number of aromatic amines is 1. The summed E-state index contributed by atoms with van der Waals surface area (Å²) in [6.45, 7) is 5.80. The number of aromatic nitrogens is 2. The SMILES string of the molecule is CC(C)(C)[C@@H](C#N)NC(=O)CCn1c(=S)[nH]c2ccccc2c1=O. The minimum absolute atomic E-state index is 0.0734. The van der Waals surface area contributed by atoms with Gasteiger partial charge in [0.15, 0.2) is 4.77 Å². The number of amides is 1. The summed E-state index contributed by atoms with van der Waals surface area (Å²) >= 11 is 5.21. The number of nitrogens with zero attached hydrogens (tertiary/aromatic N) is 2. The highest BCUT2D eigenvalue weighted by molar-refractivity contribution is 7.71. The Hall–Kier alpha value is -2.46. The molecule has 0 unspecified atom stereocenters. The fourth-order valence-electron chi connectivity index (χ4n) is 2.29. The van der Waals surface area contributed by atoms with Gasteiger partial charge in [0.05, 0.1) is 17.0 Å². The van der Waals surface area contributed by atoms with Crippen LogP contribution in [0.2, 0.25) is 0 Å². The summed E-state index contributed by atoms with van der Waals surface area (Å²) in [7, 11) is 0. The van der Waals surface area contributed by atoms with Gasteiger partial charge in [-0.3, -0.25) is 14.2 Å². The minimum Gasteiger partial charge on any atom is -0.340 e. The molecule has 126 valence electrons. The van der Waals surface area contributed by atoms with Gasteiger partial charge < -0.3 is 10.3 Å². The molecule has 0 aliphatic rings. The summed E-state index contributed by atoms with van der Waals surface area (Å²) in [5.41, 5.74) is 0.0847. The second-order valence-corrected chi connectivity index (χ2v) is 7.06. The molecule has 7 heteroatoms. The lowest BCUT2D eigenvalue weighted by atomic mass is 9.87. The summed E-state index contributed by atoms with van der Waals surface area (Å²) in [5, 5.41) is 12.4. The maximum atomic E-state index is 12.5. The molecule has 1 amide bonds. The monoisotopic (exact) mass is 344 g/mol. The van der Waals surface area contributed by atoms with Crippen molar-refractivity contribution in [3.63, 3.8) is 0 Å². The van der Waals surface area contributed by atoms with Gasteiger partial charge in [0.2, 0.25) is 5.91 Å². The van der Waals surface area contributed by atoms with Crippen LogP contribution in [0.1, 0.15) is 27.2 Å². The fourth-order valence-corrected chi connectivity index (χ4v) is 2.58. The molecule has 2 N–H and O–H groups in total. The van der Waals surface area contributed by atoms with Crippen LogP contribution >= 0.6 is 12.2 Å². The molecule has 0 bridgehead atoms. The fraction of sp³-hybridized carbons (Fsp3) is 0.412. The van der Waals surface area contributed by atoms with Gasteiger partial charge in [-0.25, -0.2) is 0 Å². The van der Waals surface area contributed by atoms with Crippen molar-refractivity contribution in [2.45, 2.75) is 39.8 Å². The number of carbonyl (C=O) groups excluding carboxylic acids is 1. The predicted octanol–water partition coefficient (Wildman–Crippen LogP) is 2.50. The predicted molar refractivity (Wildman–Crippen MR) is 95.0 cm³/mol. The van der Waals surface area contributed by atoms with Crippen molar-refractivity contribution in [3.05, 3.63) is 39.4 Å². The molecule has 0 saturated heterocycles. The molecule has 0 fully saturated rings. The number of nitriles is 1. The Kier molecular flexibility index (Phi) is 5.20. The number of H-pyrrole nitrogens is 1. The van der Waals surface area contributed by atoms with Gasteiger partial charge in [-0.15, -0.1) is 0 Å². The van der Waals surface area contributed by atoms with Gasteiger partial charge in [0.25, 0.3) is 5.56 Å². The van der Waals surface area contributed by atoms with Gasteiger partial charge in [-0.05, 0) is 29.8 Å². The highest BCUT2D eigenvalue weighted by Crippen LogP contribution is 2.18. The molecule has 0 radical (unpaired) electrons. The molecule has 0 spiro atoms. The van der Waals surface area contributed by atoms with Crippen LogP contribution in [0, 0.1) is 21.5 Å². The van der Waals surface area contributed by atoms with E-state index in [1.54, 1.807) is 18.2 Å². The largest absolute Gasteiger partial charge is 0.340 e. The van der Waals surface area contributed by atoms with E-state index in [0.29, 0.717) is 10.9 Å². The topological polar surface area (TPSA) is 90.7 Å². The number of benzene rings is 1. The second kappa shape index (κ2) is 6.97. The zero-order chi connectivity index (χ0) is 17.9. The van der Waals surface area contributed by atoms with Crippen molar-refractivity contribution < 1.29 is 4.79 Å².